The molecule has 2 saturated carbocycles. The molecule has 0 radical (unpaired) electrons. The minimum absolute atomic E-state index is 0.0215. The van der Waals surface area contributed by atoms with Gasteiger partial charge in [-0.1, -0.05) is 25.0 Å². The molecule has 1 saturated heterocycles. The average molecular weight is 844 g/mol. The number of amides is 5. The molecule has 0 bridgehead atoms. The molecule has 6 rings (SSSR count). The van der Waals surface area contributed by atoms with Crippen molar-refractivity contribution in [1.82, 2.24) is 30.2 Å². The van der Waals surface area contributed by atoms with Gasteiger partial charge in [-0.3, -0.25) is 29.4 Å². The van der Waals surface area contributed by atoms with Crippen LogP contribution in [0.4, 0.5) is 14.7 Å². The van der Waals surface area contributed by atoms with E-state index in [0.717, 1.165) is 12.8 Å². The maximum absolute atomic E-state index is 14.5. The number of thiazole rings is 1. The highest BCUT2D eigenvalue weighted by molar-refractivity contribution is 7.91. The molecule has 0 aromatic carbocycles. The van der Waals surface area contributed by atoms with Gasteiger partial charge in [0, 0.05) is 30.0 Å². The van der Waals surface area contributed by atoms with Crippen LogP contribution in [0.2, 0.25) is 0 Å². The lowest BCUT2D eigenvalue weighted by molar-refractivity contribution is -0.141. The predicted molar refractivity (Wildman–Crippen MR) is 214 cm³/mol. The highest BCUT2D eigenvalue weighted by Gasteiger charge is 2.62. The van der Waals surface area contributed by atoms with E-state index in [1.807, 2.05) is 12.2 Å². The fourth-order valence-electron chi connectivity index (χ4n) is 6.95. The summed E-state index contributed by atoms with van der Waals surface area (Å²) in [5.41, 5.74) is -2.13. The number of rotatable bonds is 8. The summed E-state index contributed by atoms with van der Waals surface area (Å²) in [6.07, 6.45) is 7.38. The summed E-state index contributed by atoms with van der Waals surface area (Å²) in [7, 11) is -3.91. The number of ether oxygens (including phenoxy) is 3. The van der Waals surface area contributed by atoms with Gasteiger partial charge < -0.3 is 29.7 Å². The summed E-state index contributed by atoms with van der Waals surface area (Å²) >= 11 is 1.19. The average Bonchev–Trinajstić information content (AvgIpc) is 4.00. The predicted octanol–water partition coefficient (Wildman–Crippen LogP) is 4.80. The molecule has 19 heteroatoms. The number of sulfonamides is 1. The van der Waals surface area contributed by atoms with Crippen LogP contribution in [-0.2, 0) is 33.9 Å². The highest BCUT2D eigenvalue weighted by Crippen LogP contribution is 2.46. The third kappa shape index (κ3) is 11.0. The Labute approximate surface area is 342 Å². The molecule has 17 nitrogen and oxygen atoms in total. The number of carbonyl (C=O) groups is 5. The minimum atomic E-state index is -3.91. The zero-order valence-corrected chi connectivity index (χ0v) is 35.3. The second-order valence-corrected chi connectivity index (χ2v) is 20.1. The van der Waals surface area contributed by atoms with Gasteiger partial charge in [0.25, 0.3) is 5.91 Å². The molecule has 3 fully saturated rings. The van der Waals surface area contributed by atoms with E-state index in [-0.39, 0.29) is 25.8 Å². The van der Waals surface area contributed by atoms with Crippen molar-refractivity contribution in [1.29, 1.82) is 0 Å². The van der Waals surface area contributed by atoms with E-state index in [9.17, 15) is 32.4 Å². The van der Waals surface area contributed by atoms with Crippen molar-refractivity contribution in [2.45, 2.75) is 140 Å². The maximum atomic E-state index is 14.5. The smallest absolute Gasteiger partial charge is 0.413 e. The lowest BCUT2D eigenvalue weighted by Gasteiger charge is -2.30. The molecule has 2 aromatic heterocycles. The Balaban J connectivity index is 1.25. The third-order valence-corrected chi connectivity index (χ3v) is 12.5. The molecule has 5 atom stereocenters. The summed E-state index contributed by atoms with van der Waals surface area (Å²) in [5.74, 6) is -2.05. The molecular formula is C39H53N7O10S2. The third-order valence-electron chi connectivity index (χ3n) is 9.94. The Hall–Kier alpha value is -4.78. The van der Waals surface area contributed by atoms with Gasteiger partial charge in [0.05, 0.1) is 17.5 Å². The molecule has 58 heavy (non-hydrogen) atoms. The van der Waals surface area contributed by atoms with Crippen LogP contribution in [0.1, 0.15) is 99.3 Å². The van der Waals surface area contributed by atoms with E-state index in [4.69, 9.17) is 14.2 Å². The Morgan fingerprint density at radius 2 is 1.71 bits per heavy atom. The molecule has 2 aromatic rings. The van der Waals surface area contributed by atoms with Crippen molar-refractivity contribution in [3.8, 4) is 17.1 Å². The molecule has 5 amide bonds. The van der Waals surface area contributed by atoms with Gasteiger partial charge in [-0.2, -0.15) is 0 Å². The second kappa shape index (κ2) is 16.8. The zero-order chi connectivity index (χ0) is 42.0. The maximum Gasteiger partial charge on any atom is 0.413 e. The molecule has 4 aliphatic rings. The number of aromatic nitrogens is 2. The SMILES string of the molecule is CC(C)(C)OC(=O)Nc1nc(-c2cc(O[C@@H]3C[C@H]4C(=O)N[C@]5(C(=O)NS(=O)(=O)C6CC6)C[C@H]5/C=C/CCCCC[C@H](NC(=O)OC(C)(C)C)C(=O)N4C3)ccn2)cs1. The molecule has 4 heterocycles. The number of anilines is 1. The normalized spacial score (nSPS) is 26.1. The first-order chi connectivity index (χ1) is 27.2. The van der Waals surface area contributed by atoms with Crippen LogP contribution in [0.25, 0.3) is 11.4 Å². The number of nitrogens with zero attached hydrogens (tertiary/aromatic N) is 3. The lowest BCUT2D eigenvalue weighted by atomic mass is 10.0. The largest absolute Gasteiger partial charge is 0.488 e. The Bertz CT molecular complexity index is 2040. The van der Waals surface area contributed by atoms with Gasteiger partial charge in [0.1, 0.15) is 46.4 Å². The molecule has 316 valence electrons. The number of hydrogen-bond donors (Lipinski definition) is 4. The van der Waals surface area contributed by atoms with Crippen LogP contribution >= 0.6 is 11.3 Å². The van der Waals surface area contributed by atoms with Crippen molar-refractivity contribution in [2.24, 2.45) is 5.92 Å². The van der Waals surface area contributed by atoms with Gasteiger partial charge in [-0.05, 0) is 86.1 Å². The fraction of sp³-hybridized carbons (Fsp3) is 0.615. The molecule has 2 aliphatic heterocycles. The van der Waals surface area contributed by atoms with Crippen LogP contribution in [0.3, 0.4) is 0 Å². The van der Waals surface area contributed by atoms with Crippen LogP contribution in [0, 0.1) is 5.92 Å². The topological polar surface area (TPSA) is 224 Å². The van der Waals surface area contributed by atoms with Crippen molar-refractivity contribution in [3.05, 3.63) is 35.9 Å². The second-order valence-electron chi connectivity index (χ2n) is 17.2. The molecule has 2 aliphatic carbocycles. The minimum Gasteiger partial charge on any atom is -0.488 e. The molecule has 0 unspecified atom stereocenters. The summed E-state index contributed by atoms with van der Waals surface area (Å²) < 4.78 is 45.1. The summed E-state index contributed by atoms with van der Waals surface area (Å²) in [6.45, 7) is 10.4. The zero-order valence-electron chi connectivity index (χ0n) is 33.7. The van der Waals surface area contributed by atoms with Gasteiger partial charge >= 0.3 is 12.2 Å². The number of alkyl carbamates (subject to hydrolysis) is 1. The van der Waals surface area contributed by atoms with Crippen LogP contribution in [0.5, 0.6) is 5.75 Å². The Morgan fingerprint density at radius 3 is 2.41 bits per heavy atom. The van der Waals surface area contributed by atoms with Crippen LogP contribution in [0.15, 0.2) is 35.9 Å². The van der Waals surface area contributed by atoms with Gasteiger partial charge in [-0.25, -0.2) is 23.0 Å². The van der Waals surface area contributed by atoms with Gasteiger partial charge in [0.15, 0.2) is 5.13 Å². The number of nitrogens with one attached hydrogen (secondary N) is 4. The standard InChI is InChI=1S/C39H53N7O10S2/c1-37(2,3)55-35(50)42-27-13-11-9-7-8-10-12-23-20-39(23,33(49)45-58(52,53)26-14-15-26)44-31(47)30-19-25(21-46(30)32(27)48)54-24-16-17-40-28(18-24)29-22-57-34(41-29)43-36(51)56-38(4,5)6/h10,12,16-18,22-23,25-27,30H,7-9,11,13-15,19-21H2,1-6H3,(H,42,50)(H,44,47)(H,45,49)(H,41,43,51)/b12-10+/t23-,25-,27+,30+,39-/m1/s1. The fourth-order valence-corrected chi connectivity index (χ4v) is 9.01. The molecular weight excluding hydrogens is 791 g/mol. The first kappa shape index (κ1) is 42.8. The van der Waals surface area contributed by atoms with Crippen LogP contribution in [-0.4, -0.2) is 99.9 Å². The Morgan fingerprint density at radius 1 is 0.983 bits per heavy atom. The molecule has 4 N–H and O–H groups in total. The number of allylic oxidation sites excluding steroid dienone is 1. The van der Waals surface area contributed by atoms with E-state index in [1.165, 1.54) is 22.4 Å². The first-order valence-corrected chi connectivity index (χ1v) is 22.1. The van der Waals surface area contributed by atoms with Gasteiger partial charge in [-0.15, -0.1) is 11.3 Å². The monoisotopic (exact) mass is 843 g/mol. The first-order valence-electron chi connectivity index (χ1n) is 19.6. The van der Waals surface area contributed by atoms with Crippen molar-refractivity contribution in [3.63, 3.8) is 0 Å². The number of carbonyl (C=O) groups excluding carboxylic acids is 5. The summed E-state index contributed by atoms with van der Waals surface area (Å²) in [6, 6.07) is 1.11. The van der Waals surface area contributed by atoms with Crippen molar-refractivity contribution in [2.75, 3.05) is 11.9 Å². The van der Waals surface area contributed by atoms with Gasteiger partial charge in [0.2, 0.25) is 21.8 Å². The Kier molecular flexibility index (Phi) is 12.4. The van der Waals surface area contributed by atoms with E-state index in [0.29, 0.717) is 48.0 Å². The summed E-state index contributed by atoms with van der Waals surface area (Å²) in [5, 5.41) is 9.58. The van der Waals surface area contributed by atoms with E-state index >= 15 is 0 Å². The molecule has 0 spiro atoms. The summed E-state index contributed by atoms with van der Waals surface area (Å²) in [4.78, 5) is 78.1. The van der Waals surface area contributed by atoms with E-state index in [2.05, 4.69) is 30.6 Å². The highest BCUT2D eigenvalue weighted by atomic mass is 32.2. The lowest BCUT2D eigenvalue weighted by Crippen LogP contribution is -2.58. The van der Waals surface area contributed by atoms with Crippen molar-refractivity contribution >= 4 is 56.4 Å². The van der Waals surface area contributed by atoms with E-state index < -0.39 is 86.0 Å². The van der Waals surface area contributed by atoms with Crippen molar-refractivity contribution < 1.29 is 46.6 Å². The number of fused-ring (bicyclic) bond motifs is 2. The van der Waals surface area contributed by atoms with Crippen LogP contribution < -0.4 is 25.4 Å². The van der Waals surface area contributed by atoms with E-state index in [1.54, 1.807) is 59.1 Å². The number of hydrogen-bond acceptors (Lipinski definition) is 13. The quantitative estimate of drug-likeness (QED) is 0.263. The number of pyridine rings is 1.